The molecule has 0 unspecified atom stereocenters. The predicted octanol–water partition coefficient (Wildman–Crippen LogP) is -0.290. The molecule has 10 heavy (non-hydrogen) atoms. The van der Waals surface area contributed by atoms with E-state index in [1.807, 2.05) is 0 Å². The predicted molar refractivity (Wildman–Crippen MR) is 36.3 cm³/mol. The number of sulfone groups is 1. The van der Waals surface area contributed by atoms with Crippen LogP contribution < -0.4 is 0 Å². The lowest BCUT2D eigenvalue weighted by Gasteiger charge is -1.95. The first kappa shape index (κ1) is 9.42. The molecule has 0 fully saturated rings. The molecule has 0 amide bonds. The SMILES string of the molecule is [CH2]CCS(=O)(=O)CC(=O)O. The minimum absolute atomic E-state index is 0.153. The third-order valence-electron chi connectivity index (χ3n) is 0.799. The summed E-state index contributed by atoms with van der Waals surface area (Å²) >= 11 is 0. The van der Waals surface area contributed by atoms with Crippen LogP contribution in [0.15, 0.2) is 0 Å². The quantitative estimate of drug-likeness (QED) is 0.621. The Morgan fingerprint density at radius 1 is 1.50 bits per heavy atom. The van der Waals surface area contributed by atoms with Gasteiger partial charge in [0.15, 0.2) is 9.84 Å². The van der Waals surface area contributed by atoms with Crippen LogP contribution in [0.2, 0.25) is 0 Å². The highest BCUT2D eigenvalue weighted by molar-refractivity contribution is 7.92. The van der Waals surface area contributed by atoms with E-state index in [0.717, 1.165) is 0 Å². The van der Waals surface area contributed by atoms with E-state index in [2.05, 4.69) is 6.92 Å². The van der Waals surface area contributed by atoms with Crippen LogP contribution in [0.1, 0.15) is 6.42 Å². The second-order valence-electron chi connectivity index (χ2n) is 1.84. The first-order valence-electron chi connectivity index (χ1n) is 2.69. The van der Waals surface area contributed by atoms with Crippen LogP contribution in [0.5, 0.6) is 0 Å². The maximum atomic E-state index is 10.6. The van der Waals surface area contributed by atoms with Gasteiger partial charge in [-0.1, -0.05) is 6.92 Å². The second-order valence-corrected chi connectivity index (χ2v) is 4.02. The second kappa shape index (κ2) is 3.55. The third kappa shape index (κ3) is 4.31. The first-order valence-corrected chi connectivity index (χ1v) is 4.51. The van der Waals surface area contributed by atoms with E-state index in [9.17, 15) is 13.2 Å². The molecule has 0 spiro atoms. The third-order valence-corrected chi connectivity index (χ3v) is 2.40. The van der Waals surface area contributed by atoms with Gasteiger partial charge < -0.3 is 5.11 Å². The van der Waals surface area contributed by atoms with Gasteiger partial charge in [0.2, 0.25) is 0 Å². The van der Waals surface area contributed by atoms with E-state index in [-0.39, 0.29) is 12.2 Å². The summed E-state index contributed by atoms with van der Waals surface area (Å²) in [6.07, 6.45) is 0.218. The lowest BCUT2D eigenvalue weighted by molar-refractivity contribution is -0.134. The summed E-state index contributed by atoms with van der Waals surface area (Å²) in [6.45, 7) is 3.31. The smallest absolute Gasteiger partial charge is 0.318 e. The summed E-state index contributed by atoms with van der Waals surface area (Å²) in [5.74, 6) is -2.25. The van der Waals surface area contributed by atoms with Gasteiger partial charge in [0.25, 0.3) is 0 Å². The first-order chi connectivity index (χ1) is 4.48. The molecular weight excluding hydrogens is 156 g/mol. The van der Waals surface area contributed by atoms with Gasteiger partial charge in [0.1, 0.15) is 5.75 Å². The molecular formula is C5H9O4S. The van der Waals surface area contributed by atoms with Crippen LogP contribution in [-0.4, -0.2) is 31.0 Å². The highest BCUT2D eigenvalue weighted by Crippen LogP contribution is 1.91. The monoisotopic (exact) mass is 165 g/mol. The van der Waals surface area contributed by atoms with Crippen LogP contribution in [0.4, 0.5) is 0 Å². The molecule has 0 heterocycles. The van der Waals surface area contributed by atoms with E-state index < -0.39 is 21.6 Å². The molecule has 1 N–H and O–H groups in total. The van der Waals surface area contributed by atoms with Crippen molar-refractivity contribution in [2.24, 2.45) is 0 Å². The Hall–Kier alpha value is -0.580. The molecule has 0 saturated carbocycles. The average Bonchev–Trinajstić information content (AvgIpc) is 1.59. The van der Waals surface area contributed by atoms with Crippen molar-refractivity contribution >= 4 is 15.8 Å². The molecule has 59 valence electrons. The summed E-state index contributed by atoms with van der Waals surface area (Å²) < 4.78 is 21.2. The fourth-order valence-electron chi connectivity index (χ4n) is 0.480. The van der Waals surface area contributed by atoms with Crippen LogP contribution in [-0.2, 0) is 14.6 Å². The Balaban J connectivity index is 4.02. The number of rotatable bonds is 4. The number of carbonyl (C=O) groups is 1. The van der Waals surface area contributed by atoms with Gasteiger partial charge in [-0.25, -0.2) is 8.42 Å². The molecule has 0 bridgehead atoms. The van der Waals surface area contributed by atoms with Crippen LogP contribution in [0.3, 0.4) is 0 Å². The number of aliphatic carboxylic acids is 1. The molecule has 1 radical (unpaired) electrons. The summed E-state index contributed by atoms with van der Waals surface area (Å²) in [6, 6.07) is 0. The van der Waals surface area contributed by atoms with Gasteiger partial charge in [-0.15, -0.1) is 0 Å². The lowest BCUT2D eigenvalue weighted by atomic mass is 10.6. The number of hydrogen-bond acceptors (Lipinski definition) is 3. The lowest BCUT2D eigenvalue weighted by Crippen LogP contribution is -2.17. The zero-order valence-electron chi connectivity index (χ0n) is 5.41. The van der Waals surface area contributed by atoms with E-state index in [4.69, 9.17) is 5.11 Å². The standard InChI is InChI=1S/C5H9O4S/c1-2-3-10(8,9)4-5(6)7/h1-4H2,(H,6,7). The summed E-state index contributed by atoms with van der Waals surface area (Å²) in [7, 11) is -3.39. The Labute approximate surface area is 59.8 Å². The maximum Gasteiger partial charge on any atom is 0.318 e. The number of hydrogen-bond donors (Lipinski definition) is 1. The molecule has 0 rings (SSSR count). The zero-order chi connectivity index (χ0) is 8.20. The number of carboxylic acid groups (broad SMARTS) is 1. The minimum atomic E-state index is -3.39. The van der Waals surface area contributed by atoms with E-state index in [0.29, 0.717) is 0 Å². The zero-order valence-corrected chi connectivity index (χ0v) is 6.23. The van der Waals surface area contributed by atoms with Crippen LogP contribution >= 0.6 is 0 Å². The van der Waals surface area contributed by atoms with E-state index in [1.54, 1.807) is 0 Å². The average molecular weight is 165 g/mol. The van der Waals surface area contributed by atoms with Gasteiger partial charge in [-0.3, -0.25) is 4.79 Å². The molecule has 5 heteroatoms. The van der Waals surface area contributed by atoms with Gasteiger partial charge in [0.05, 0.1) is 5.75 Å². The fraction of sp³-hybridized carbons (Fsp3) is 0.600. The Kier molecular flexibility index (Phi) is 3.35. The largest absolute Gasteiger partial charge is 0.480 e. The van der Waals surface area contributed by atoms with Crippen molar-refractivity contribution in [3.63, 3.8) is 0 Å². The molecule has 0 aromatic rings. The van der Waals surface area contributed by atoms with Crippen molar-refractivity contribution in [2.45, 2.75) is 6.42 Å². The molecule has 0 aromatic heterocycles. The molecule has 4 nitrogen and oxygen atoms in total. The van der Waals surface area contributed by atoms with Gasteiger partial charge in [-0.2, -0.15) is 0 Å². The molecule has 0 atom stereocenters. The van der Waals surface area contributed by atoms with E-state index >= 15 is 0 Å². The summed E-state index contributed by atoms with van der Waals surface area (Å²) in [5, 5.41) is 8.08. The van der Waals surface area contributed by atoms with Crippen molar-refractivity contribution in [3.05, 3.63) is 6.92 Å². The Morgan fingerprint density at radius 2 is 2.00 bits per heavy atom. The summed E-state index contributed by atoms with van der Waals surface area (Å²) in [5.41, 5.74) is 0. The van der Waals surface area contributed by atoms with Crippen LogP contribution in [0.25, 0.3) is 0 Å². The van der Waals surface area contributed by atoms with Crippen molar-refractivity contribution in [2.75, 3.05) is 11.5 Å². The number of carboxylic acids is 1. The molecule has 0 aromatic carbocycles. The Morgan fingerprint density at radius 3 is 2.30 bits per heavy atom. The minimum Gasteiger partial charge on any atom is -0.480 e. The normalized spacial score (nSPS) is 11.3. The maximum absolute atomic E-state index is 10.6. The topological polar surface area (TPSA) is 71.4 Å². The van der Waals surface area contributed by atoms with Crippen molar-refractivity contribution in [3.8, 4) is 0 Å². The molecule has 0 aliphatic heterocycles. The fourth-order valence-corrected chi connectivity index (χ4v) is 1.44. The Bertz CT molecular complexity index is 204. The molecule has 0 aliphatic carbocycles. The highest BCUT2D eigenvalue weighted by atomic mass is 32.2. The van der Waals surface area contributed by atoms with Crippen molar-refractivity contribution in [1.29, 1.82) is 0 Å². The summed E-state index contributed by atoms with van der Waals surface area (Å²) in [4.78, 5) is 9.89. The van der Waals surface area contributed by atoms with Crippen molar-refractivity contribution in [1.82, 2.24) is 0 Å². The van der Waals surface area contributed by atoms with Gasteiger partial charge in [0, 0.05) is 0 Å². The molecule has 0 aliphatic rings. The van der Waals surface area contributed by atoms with Crippen LogP contribution in [0, 0.1) is 6.92 Å². The highest BCUT2D eigenvalue weighted by Gasteiger charge is 2.13. The molecule has 0 saturated heterocycles. The van der Waals surface area contributed by atoms with Crippen molar-refractivity contribution < 1.29 is 18.3 Å². The van der Waals surface area contributed by atoms with E-state index in [1.165, 1.54) is 0 Å². The van der Waals surface area contributed by atoms with Gasteiger partial charge >= 0.3 is 5.97 Å². The van der Waals surface area contributed by atoms with Gasteiger partial charge in [-0.05, 0) is 6.42 Å².